The van der Waals surface area contributed by atoms with Crippen LogP contribution in [0.1, 0.15) is 30.6 Å². The lowest BCUT2D eigenvalue weighted by Gasteiger charge is -2.24. The Hall–Kier alpha value is -1.05. The molecule has 1 aromatic carbocycles. The molecule has 1 rings (SSSR count). The third-order valence-electron chi connectivity index (χ3n) is 2.53. The second-order valence-electron chi connectivity index (χ2n) is 4.68. The Morgan fingerprint density at radius 3 is 2.79 bits per heavy atom. The van der Waals surface area contributed by atoms with Crippen LogP contribution in [0.25, 0.3) is 0 Å². The van der Waals surface area contributed by atoms with Gasteiger partial charge in [0, 0.05) is 17.6 Å². The first-order valence-electron chi connectivity index (χ1n) is 6.07. The first kappa shape index (κ1) is 16.0. The van der Waals surface area contributed by atoms with Crippen molar-refractivity contribution in [2.45, 2.75) is 20.3 Å². The van der Waals surface area contributed by atoms with Crippen LogP contribution < -0.4 is 0 Å². The van der Waals surface area contributed by atoms with Gasteiger partial charge in [-0.05, 0) is 24.1 Å². The number of hydrogen-bond acceptors (Lipinski definition) is 2. The van der Waals surface area contributed by atoms with Crippen LogP contribution in [0.4, 0.5) is 0 Å². The standard InChI is InChI=1S/C14H16BrClN2O/c1-10(2)9-18(7-3-6-17)14(19)12-8-11(15)4-5-13(12)16/h4-5,8,10H,3,7,9H2,1-2H3. The molecule has 5 heteroatoms. The lowest BCUT2D eigenvalue weighted by atomic mass is 10.1. The third kappa shape index (κ3) is 4.85. The fourth-order valence-corrected chi connectivity index (χ4v) is 2.29. The van der Waals surface area contributed by atoms with E-state index in [-0.39, 0.29) is 5.91 Å². The van der Waals surface area contributed by atoms with Crippen molar-refractivity contribution in [3.63, 3.8) is 0 Å². The predicted octanol–water partition coefficient (Wildman–Crippen LogP) is 4.11. The summed E-state index contributed by atoms with van der Waals surface area (Å²) in [7, 11) is 0. The molecule has 0 aliphatic carbocycles. The van der Waals surface area contributed by atoms with Gasteiger partial charge < -0.3 is 4.90 Å². The molecule has 0 heterocycles. The number of benzene rings is 1. The average molecular weight is 344 g/mol. The van der Waals surface area contributed by atoms with E-state index in [9.17, 15) is 4.79 Å². The van der Waals surface area contributed by atoms with Gasteiger partial charge in [-0.1, -0.05) is 41.4 Å². The minimum Gasteiger partial charge on any atom is -0.337 e. The molecule has 0 aliphatic rings. The van der Waals surface area contributed by atoms with Gasteiger partial charge in [-0.15, -0.1) is 0 Å². The van der Waals surface area contributed by atoms with E-state index in [1.165, 1.54) is 0 Å². The fourth-order valence-electron chi connectivity index (χ4n) is 1.73. The van der Waals surface area contributed by atoms with Crippen LogP contribution in [0.15, 0.2) is 22.7 Å². The topological polar surface area (TPSA) is 44.1 Å². The monoisotopic (exact) mass is 342 g/mol. The molecule has 0 fully saturated rings. The maximum Gasteiger partial charge on any atom is 0.255 e. The SMILES string of the molecule is CC(C)CN(CCC#N)C(=O)c1cc(Br)ccc1Cl. The van der Waals surface area contributed by atoms with Crippen molar-refractivity contribution < 1.29 is 4.79 Å². The Labute approximate surface area is 127 Å². The van der Waals surface area contributed by atoms with E-state index >= 15 is 0 Å². The molecule has 0 atom stereocenters. The summed E-state index contributed by atoms with van der Waals surface area (Å²) < 4.78 is 0.810. The summed E-state index contributed by atoms with van der Waals surface area (Å²) >= 11 is 9.41. The van der Waals surface area contributed by atoms with E-state index in [1.807, 2.05) is 13.8 Å². The predicted molar refractivity (Wildman–Crippen MR) is 80.1 cm³/mol. The molecular weight excluding hydrogens is 328 g/mol. The number of amides is 1. The molecule has 0 saturated carbocycles. The van der Waals surface area contributed by atoms with E-state index in [4.69, 9.17) is 16.9 Å². The summed E-state index contributed by atoms with van der Waals surface area (Å²) in [5.74, 6) is 0.212. The Morgan fingerprint density at radius 2 is 2.21 bits per heavy atom. The number of carbonyl (C=O) groups is 1. The molecule has 1 amide bonds. The van der Waals surface area contributed by atoms with Gasteiger partial charge in [0.2, 0.25) is 0 Å². The molecule has 0 bridgehead atoms. The molecule has 0 unspecified atom stereocenters. The molecule has 0 aliphatic heterocycles. The van der Waals surface area contributed by atoms with E-state index < -0.39 is 0 Å². The summed E-state index contributed by atoms with van der Waals surface area (Å²) in [6, 6.07) is 7.26. The van der Waals surface area contributed by atoms with Gasteiger partial charge in [-0.3, -0.25) is 4.79 Å². The van der Waals surface area contributed by atoms with Crippen molar-refractivity contribution in [2.75, 3.05) is 13.1 Å². The minimum atomic E-state index is -0.129. The highest BCUT2D eigenvalue weighted by Crippen LogP contribution is 2.23. The van der Waals surface area contributed by atoms with Gasteiger partial charge in [0.1, 0.15) is 0 Å². The van der Waals surface area contributed by atoms with Crippen molar-refractivity contribution >= 4 is 33.4 Å². The van der Waals surface area contributed by atoms with Crippen LogP contribution in [0.2, 0.25) is 5.02 Å². The van der Waals surface area contributed by atoms with Gasteiger partial charge in [-0.2, -0.15) is 5.26 Å². The molecule has 0 saturated heterocycles. The van der Waals surface area contributed by atoms with Gasteiger partial charge in [-0.25, -0.2) is 0 Å². The second kappa shape index (κ2) is 7.52. The number of nitrogens with zero attached hydrogens (tertiary/aromatic N) is 2. The zero-order chi connectivity index (χ0) is 14.4. The van der Waals surface area contributed by atoms with Crippen molar-refractivity contribution in [1.82, 2.24) is 4.90 Å². The average Bonchev–Trinajstić information content (AvgIpc) is 2.36. The molecule has 0 N–H and O–H groups in total. The maximum absolute atomic E-state index is 12.5. The molecule has 0 radical (unpaired) electrons. The van der Waals surface area contributed by atoms with Crippen LogP contribution >= 0.6 is 27.5 Å². The van der Waals surface area contributed by atoms with Crippen molar-refractivity contribution in [3.05, 3.63) is 33.3 Å². The van der Waals surface area contributed by atoms with Gasteiger partial charge >= 0.3 is 0 Å². The lowest BCUT2D eigenvalue weighted by Crippen LogP contribution is -2.35. The van der Waals surface area contributed by atoms with Gasteiger partial charge in [0.15, 0.2) is 0 Å². The highest BCUT2D eigenvalue weighted by molar-refractivity contribution is 9.10. The highest BCUT2D eigenvalue weighted by Gasteiger charge is 2.19. The van der Waals surface area contributed by atoms with E-state index in [0.717, 1.165) is 4.47 Å². The van der Waals surface area contributed by atoms with Crippen LogP contribution in [0.5, 0.6) is 0 Å². The minimum absolute atomic E-state index is 0.129. The summed E-state index contributed by atoms with van der Waals surface area (Å²) in [6.45, 7) is 5.12. The Bertz CT molecular complexity index is 497. The highest BCUT2D eigenvalue weighted by atomic mass is 79.9. The maximum atomic E-state index is 12.5. The van der Waals surface area contributed by atoms with Crippen LogP contribution in [0.3, 0.4) is 0 Å². The van der Waals surface area contributed by atoms with E-state index in [0.29, 0.717) is 36.0 Å². The smallest absolute Gasteiger partial charge is 0.255 e. The number of rotatable bonds is 5. The third-order valence-corrected chi connectivity index (χ3v) is 3.35. The zero-order valence-electron chi connectivity index (χ0n) is 11.0. The summed E-state index contributed by atoms with van der Waals surface area (Å²) in [6.07, 6.45) is 0.323. The molecule has 0 spiro atoms. The first-order valence-corrected chi connectivity index (χ1v) is 7.24. The molecule has 19 heavy (non-hydrogen) atoms. The second-order valence-corrected chi connectivity index (χ2v) is 6.00. The van der Waals surface area contributed by atoms with Crippen LogP contribution in [-0.4, -0.2) is 23.9 Å². The van der Waals surface area contributed by atoms with Crippen LogP contribution in [0, 0.1) is 17.2 Å². The van der Waals surface area contributed by atoms with E-state index in [2.05, 4.69) is 22.0 Å². The lowest BCUT2D eigenvalue weighted by molar-refractivity contribution is 0.0740. The summed E-state index contributed by atoms with van der Waals surface area (Å²) in [4.78, 5) is 14.2. The largest absolute Gasteiger partial charge is 0.337 e. The summed E-state index contributed by atoms with van der Waals surface area (Å²) in [5.41, 5.74) is 0.467. The number of hydrogen-bond donors (Lipinski definition) is 0. The Kier molecular flexibility index (Phi) is 6.33. The number of carbonyl (C=O) groups excluding carboxylic acids is 1. The molecule has 102 valence electrons. The Balaban J connectivity index is 2.97. The summed E-state index contributed by atoms with van der Waals surface area (Å²) in [5, 5.41) is 9.11. The molecule has 1 aromatic rings. The molecule has 0 aromatic heterocycles. The quantitative estimate of drug-likeness (QED) is 0.807. The van der Waals surface area contributed by atoms with Crippen molar-refractivity contribution in [3.8, 4) is 6.07 Å². The molecule has 3 nitrogen and oxygen atoms in total. The van der Waals surface area contributed by atoms with E-state index in [1.54, 1.807) is 23.1 Å². The van der Waals surface area contributed by atoms with Crippen molar-refractivity contribution in [1.29, 1.82) is 5.26 Å². The zero-order valence-corrected chi connectivity index (χ0v) is 13.3. The fraction of sp³-hybridized carbons (Fsp3) is 0.429. The Morgan fingerprint density at radius 1 is 1.53 bits per heavy atom. The number of nitriles is 1. The number of halogens is 2. The first-order chi connectivity index (χ1) is 8.95. The van der Waals surface area contributed by atoms with Crippen LogP contribution in [-0.2, 0) is 0 Å². The van der Waals surface area contributed by atoms with Crippen molar-refractivity contribution in [2.24, 2.45) is 5.92 Å². The normalized spacial score (nSPS) is 10.3. The molecular formula is C14H16BrClN2O. The van der Waals surface area contributed by atoms with Gasteiger partial charge in [0.25, 0.3) is 5.91 Å². The van der Waals surface area contributed by atoms with Gasteiger partial charge in [0.05, 0.1) is 23.1 Å².